The van der Waals surface area contributed by atoms with E-state index in [0.29, 0.717) is 5.57 Å². The fourth-order valence-corrected chi connectivity index (χ4v) is 1.87. The van der Waals surface area contributed by atoms with E-state index >= 15 is 0 Å². The molecule has 2 nitrogen and oxygen atoms in total. The topological polar surface area (TPSA) is 20.3 Å². The monoisotopic (exact) mass is 239 g/mol. The van der Waals surface area contributed by atoms with Crippen LogP contribution in [0, 0.1) is 0 Å². The normalized spacial score (nSPS) is 10.3. The number of hydrogen-bond acceptors (Lipinski definition) is 1. The van der Waals surface area contributed by atoms with E-state index in [0.717, 1.165) is 25.9 Å². The van der Waals surface area contributed by atoms with Gasteiger partial charge < -0.3 is 4.90 Å². The summed E-state index contributed by atoms with van der Waals surface area (Å²) in [7, 11) is 0. The van der Waals surface area contributed by atoms with Crippen molar-refractivity contribution in [3.63, 3.8) is 0 Å². The van der Waals surface area contributed by atoms with Crippen LogP contribution in [0.4, 0.5) is 0 Å². The van der Waals surface area contributed by atoms with E-state index in [1.54, 1.807) is 6.92 Å². The first-order valence-electron chi connectivity index (χ1n) is 7.08. The van der Waals surface area contributed by atoms with Crippen LogP contribution in [0.3, 0.4) is 0 Å². The highest BCUT2D eigenvalue weighted by atomic mass is 16.2. The molecule has 0 radical (unpaired) electrons. The second kappa shape index (κ2) is 10.4. The molecule has 0 unspecified atom stereocenters. The number of carbonyl (C=O) groups is 1. The second-order valence-electron chi connectivity index (χ2n) is 4.84. The molecule has 0 aromatic rings. The van der Waals surface area contributed by atoms with Crippen molar-refractivity contribution in [1.29, 1.82) is 0 Å². The van der Waals surface area contributed by atoms with Crippen LogP contribution in [0.2, 0.25) is 0 Å². The SMILES string of the molecule is C=C(C)C(=O)N(CCCCC)CCCCCC. The predicted octanol–water partition coefficient (Wildman–Crippen LogP) is 4.16. The first-order chi connectivity index (χ1) is 8.13. The van der Waals surface area contributed by atoms with E-state index in [1.807, 2.05) is 4.90 Å². The number of amides is 1. The maximum absolute atomic E-state index is 11.9. The highest BCUT2D eigenvalue weighted by molar-refractivity contribution is 5.92. The molecule has 0 fully saturated rings. The molecule has 0 N–H and O–H groups in total. The number of nitrogens with zero attached hydrogens (tertiary/aromatic N) is 1. The van der Waals surface area contributed by atoms with Gasteiger partial charge in [0.1, 0.15) is 0 Å². The van der Waals surface area contributed by atoms with Crippen LogP contribution < -0.4 is 0 Å². The van der Waals surface area contributed by atoms with Gasteiger partial charge in [0.15, 0.2) is 0 Å². The van der Waals surface area contributed by atoms with E-state index in [4.69, 9.17) is 0 Å². The molecule has 0 spiro atoms. The Morgan fingerprint density at radius 1 is 0.941 bits per heavy atom. The van der Waals surface area contributed by atoms with Gasteiger partial charge in [-0.3, -0.25) is 4.79 Å². The smallest absolute Gasteiger partial charge is 0.248 e. The Kier molecular flexibility index (Phi) is 9.89. The summed E-state index contributed by atoms with van der Waals surface area (Å²) in [5, 5.41) is 0. The van der Waals surface area contributed by atoms with E-state index < -0.39 is 0 Å². The molecule has 0 saturated carbocycles. The van der Waals surface area contributed by atoms with Crippen molar-refractivity contribution < 1.29 is 4.79 Å². The first-order valence-corrected chi connectivity index (χ1v) is 7.08. The van der Waals surface area contributed by atoms with Gasteiger partial charge in [-0.15, -0.1) is 0 Å². The maximum atomic E-state index is 11.9. The molecule has 2 heteroatoms. The molecule has 100 valence electrons. The Balaban J connectivity index is 4.01. The minimum absolute atomic E-state index is 0.137. The van der Waals surface area contributed by atoms with Gasteiger partial charge in [-0.05, 0) is 19.8 Å². The molecular formula is C15H29NO. The Morgan fingerprint density at radius 3 is 1.88 bits per heavy atom. The first kappa shape index (κ1) is 16.2. The van der Waals surface area contributed by atoms with Crippen LogP contribution in [-0.4, -0.2) is 23.9 Å². The summed E-state index contributed by atoms with van der Waals surface area (Å²) >= 11 is 0. The van der Waals surface area contributed by atoms with Crippen molar-refractivity contribution in [1.82, 2.24) is 4.90 Å². The van der Waals surface area contributed by atoms with Gasteiger partial charge in [-0.2, -0.15) is 0 Å². The Labute approximate surface area is 107 Å². The minimum atomic E-state index is 0.137. The lowest BCUT2D eigenvalue weighted by Crippen LogP contribution is -2.33. The highest BCUT2D eigenvalue weighted by Crippen LogP contribution is 2.07. The van der Waals surface area contributed by atoms with Crippen molar-refractivity contribution in [3.05, 3.63) is 12.2 Å². The average Bonchev–Trinajstić information content (AvgIpc) is 2.31. The molecule has 0 bridgehead atoms. The summed E-state index contributed by atoms with van der Waals surface area (Å²) in [5.41, 5.74) is 0.664. The minimum Gasteiger partial charge on any atom is -0.339 e. The zero-order valence-corrected chi connectivity index (χ0v) is 11.9. The predicted molar refractivity (Wildman–Crippen MR) is 75.1 cm³/mol. The second-order valence-corrected chi connectivity index (χ2v) is 4.84. The molecule has 0 heterocycles. The number of hydrogen-bond donors (Lipinski definition) is 0. The van der Waals surface area contributed by atoms with E-state index in [9.17, 15) is 4.79 Å². The third kappa shape index (κ3) is 8.00. The molecule has 17 heavy (non-hydrogen) atoms. The Morgan fingerprint density at radius 2 is 1.41 bits per heavy atom. The number of rotatable bonds is 10. The van der Waals surface area contributed by atoms with Crippen LogP contribution in [0.25, 0.3) is 0 Å². The largest absolute Gasteiger partial charge is 0.339 e. The summed E-state index contributed by atoms with van der Waals surface area (Å²) in [4.78, 5) is 13.9. The standard InChI is InChI=1S/C15H29NO/c1-5-7-9-11-13-16(12-10-8-6-2)15(17)14(3)4/h3,5-13H2,1-2,4H3. The fourth-order valence-electron chi connectivity index (χ4n) is 1.87. The number of carbonyl (C=O) groups excluding carboxylic acids is 1. The molecule has 0 aliphatic carbocycles. The fraction of sp³-hybridized carbons (Fsp3) is 0.800. The average molecular weight is 239 g/mol. The molecule has 0 aromatic heterocycles. The zero-order valence-electron chi connectivity index (χ0n) is 11.9. The van der Waals surface area contributed by atoms with Gasteiger partial charge in [-0.1, -0.05) is 52.5 Å². The van der Waals surface area contributed by atoms with Crippen LogP contribution in [0.1, 0.15) is 65.7 Å². The third-order valence-corrected chi connectivity index (χ3v) is 2.97. The van der Waals surface area contributed by atoms with Crippen LogP contribution in [0.5, 0.6) is 0 Å². The van der Waals surface area contributed by atoms with E-state index in [-0.39, 0.29) is 5.91 Å². The molecule has 0 aromatic carbocycles. The van der Waals surface area contributed by atoms with Crippen LogP contribution >= 0.6 is 0 Å². The maximum Gasteiger partial charge on any atom is 0.248 e. The lowest BCUT2D eigenvalue weighted by atomic mass is 10.1. The van der Waals surface area contributed by atoms with Crippen molar-refractivity contribution in [2.24, 2.45) is 0 Å². The third-order valence-electron chi connectivity index (χ3n) is 2.97. The van der Waals surface area contributed by atoms with Gasteiger partial charge in [0.25, 0.3) is 0 Å². The summed E-state index contributed by atoms with van der Waals surface area (Å²) in [5.74, 6) is 0.137. The zero-order chi connectivity index (χ0) is 13.1. The van der Waals surface area contributed by atoms with Crippen molar-refractivity contribution in [2.45, 2.75) is 65.7 Å². The lowest BCUT2D eigenvalue weighted by molar-refractivity contribution is -0.127. The van der Waals surface area contributed by atoms with Crippen LogP contribution in [0.15, 0.2) is 12.2 Å². The molecule has 0 rings (SSSR count). The summed E-state index contributed by atoms with van der Waals surface area (Å²) < 4.78 is 0. The van der Waals surface area contributed by atoms with E-state index in [1.165, 1.54) is 32.1 Å². The summed E-state index contributed by atoms with van der Waals surface area (Å²) in [6, 6.07) is 0. The molecular weight excluding hydrogens is 210 g/mol. The molecule has 1 amide bonds. The highest BCUT2D eigenvalue weighted by Gasteiger charge is 2.12. The lowest BCUT2D eigenvalue weighted by Gasteiger charge is -2.22. The number of unbranched alkanes of at least 4 members (excludes halogenated alkanes) is 5. The van der Waals surface area contributed by atoms with Crippen molar-refractivity contribution in [3.8, 4) is 0 Å². The Hall–Kier alpha value is -0.790. The van der Waals surface area contributed by atoms with Gasteiger partial charge in [-0.25, -0.2) is 0 Å². The van der Waals surface area contributed by atoms with Crippen molar-refractivity contribution >= 4 is 5.91 Å². The molecule has 0 atom stereocenters. The van der Waals surface area contributed by atoms with Gasteiger partial charge in [0.2, 0.25) is 5.91 Å². The molecule has 0 aliphatic rings. The summed E-state index contributed by atoms with van der Waals surface area (Å²) in [6.45, 7) is 11.7. The molecule has 0 aliphatic heterocycles. The quantitative estimate of drug-likeness (QED) is 0.414. The van der Waals surface area contributed by atoms with Crippen molar-refractivity contribution in [2.75, 3.05) is 13.1 Å². The van der Waals surface area contributed by atoms with Crippen LogP contribution in [-0.2, 0) is 4.79 Å². The molecule has 0 saturated heterocycles. The van der Waals surface area contributed by atoms with Gasteiger partial charge in [0.05, 0.1) is 0 Å². The van der Waals surface area contributed by atoms with Gasteiger partial charge >= 0.3 is 0 Å². The van der Waals surface area contributed by atoms with Gasteiger partial charge in [0, 0.05) is 18.7 Å². The van der Waals surface area contributed by atoms with E-state index in [2.05, 4.69) is 20.4 Å². The summed E-state index contributed by atoms with van der Waals surface area (Å²) in [6.07, 6.45) is 8.38. The Bertz CT molecular complexity index is 223.